The molecule has 2 aliphatic rings. The van der Waals surface area contributed by atoms with Gasteiger partial charge in [-0.25, -0.2) is 0 Å². The van der Waals surface area contributed by atoms with Crippen molar-refractivity contribution in [1.82, 2.24) is 10.2 Å². The van der Waals surface area contributed by atoms with Crippen molar-refractivity contribution in [2.45, 2.75) is 45.1 Å². The highest BCUT2D eigenvalue weighted by Crippen LogP contribution is 2.28. The zero-order valence-corrected chi connectivity index (χ0v) is 15.3. The molecule has 0 bridgehead atoms. The molecule has 3 rings (SSSR count). The Labute approximate surface area is 151 Å². The molecule has 5 heteroatoms. The van der Waals surface area contributed by atoms with Crippen molar-refractivity contribution in [3.63, 3.8) is 0 Å². The zero-order chi connectivity index (χ0) is 16.1. The van der Waals surface area contributed by atoms with Crippen LogP contribution in [0.15, 0.2) is 24.3 Å². The predicted octanol–water partition coefficient (Wildman–Crippen LogP) is 3.04. The fraction of sp³-hybridized carbons (Fsp3) is 0.632. The summed E-state index contributed by atoms with van der Waals surface area (Å²) in [5.74, 6) is 2.04. The summed E-state index contributed by atoms with van der Waals surface area (Å²) in [5.41, 5.74) is 1.06. The zero-order valence-electron chi connectivity index (χ0n) is 14.5. The van der Waals surface area contributed by atoms with E-state index in [-0.39, 0.29) is 18.3 Å². The van der Waals surface area contributed by atoms with Crippen molar-refractivity contribution < 1.29 is 9.53 Å². The number of nitrogens with zero attached hydrogens (tertiary/aromatic N) is 1. The van der Waals surface area contributed by atoms with Crippen LogP contribution in [0.2, 0.25) is 0 Å². The van der Waals surface area contributed by atoms with Crippen LogP contribution in [-0.2, 0) is 11.2 Å². The minimum Gasteiger partial charge on any atom is -0.494 e. The molecule has 1 aromatic rings. The fourth-order valence-corrected chi connectivity index (χ4v) is 3.14. The lowest BCUT2D eigenvalue weighted by Crippen LogP contribution is -2.45. The van der Waals surface area contributed by atoms with Gasteiger partial charge in [0.25, 0.3) is 0 Å². The van der Waals surface area contributed by atoms with Crippen LogP contribution in [0.25, 0.3) is 0 Å². The van der Waals surface area contributed by atoms with E-state index in [2.05, 4.69) is 5.32 Å². The lowest BCUT2D eigenvalue weighted by Gasteiger charge is -2.32. The number of piperidine rings is 1. The third-order valence-electron chi connectivity index (χ3n) is 4.83. The van der Waals surface area contributed by atoms with Gasteiger partial charge in [-0.05, 0) is 62.8 Å². The molecule has 1 amide bonds. The van der Waals surface area contributed by atoms with E-state index in [4.69, 9.17) is 4.74 Å². The van der Waals surface area contributed by atoms with Gasteiger partial charge in [0.15, 0.2) is 0 Å². The van der Waals surface area contributed by atoms with Crippen LogP contribution < -0.4 is 10.1 Å². The Balaban J connectivity index is 0.00000208. The number of carbonyl (C=O) groups excluding carboxylic acids is 1. The van der Waals surface area contributed by atoms with E-state index in [0.29, 0.717) is 19.1 Å². The number of amides is 1. The van der Waals surface area contributed by atoms with Gasteiger partial charge in [-0.1, -0.05) is 12.1 Å². The quantitative estimate of drug-likeness (QED) is 0.820. The van der Waals surface area contributed by atoms with Crippen molar-refractivity contribution in [2.75, 3.05) is 26.2 Å². The number of hydrogen-bond donors (Lipinski definition) is 1. The number of likely N-dealkylation sites (tertiary alicyclic amines) is 1. The highest BCUT2D eigenvalue weighted by atomic mass is 35.5. The molecule has 1 heterocycles. The SMILES string of the molecule is CCOc1ccc(CC(=O)N2CCC(NCC3CC3)CC2)cc1.Cl. The molecule has 0 radical (unpaired) electrons. The van der Waals surface area contributed by atoms with Crippen molar-refractivity contribution in [1.29, 1.82) is 0 Å². The van der Waals surface area contributed by atoms with Crippen LogP contribution >= 0.6 is 12.4 Å². The summed E-state index contributed by atoms with van der Waals surface area (Å²) in [6, 6.07) is 8.48. The Kier molecular flexibility index (Phi) is 7.38. The summed E-state index contributed by atoms with van der Waals surface area (Å²) in [6.07, 6.45) is 5.45. The maximum atomic E-state index is 12.4. The van der Waals surface area contributed by atoms with E-state index < -0.39 is 0 Å². The molecule has 4 nitrogen and oxygen atoms in total. The van der Waals surface area contributed by atoms with E-state index >= 15 is 0 Å². The number of rotatable bonds is 7. The second-order valence-electron chi connectivity index (χ2n) is 6.76. The van der Waals surface area contributed by atoms with Gasteiger partial charge in [0.1, 0.15) is 5.75 Å². The van der Waals surface area contributed by atoms with E-state index in [1.54, 1.807) is 0 Å². The summed E-state index contributed by atoms with van der Waals surface area (Å²) in [6.45, 7) is 5.59. The lowest BCUT2D eigenvalue weighted by atomic mass is 10.0. The smallest absolute Gasteiger partial charge is 0.226 e. The Hall–Kier alpha value is -1.26. The maximum Gasteiger partial charge on any atom is 0.226 e. The molecule has 1 aliphatic carbocycles. The number of carbonyl (C=O) groups is 1. The van der Waals surface area contributed by atoms with Crippen LogP contribution in [0.5, 0.6) is 5.75 Å². The molecular weight excluding hydrogens is 324 g/mol. The molecule has 1 aliphatic heterocycles. The van der Waals surface area contributed by atoms with Gasteiger partial charge in [-0.2, -0.15) is 0 Å². The Morgan fingerprint density at radius 1 is 1.17 bits per heavy atom. The monoisotopic (exact) mass is 352 g/mol. The highest BCUT2D eigenvalue weighted by Gasteiger charge is 2.25. The first-order chi connectivity index (χ1) is 11.2. The largest absolute Gasteiger partial charge is 0.494 e. The molecule has 1 N–H and O–H groups in total. The molecule has 0 spiro atoms. The second kappa shape index (κ2) is 9.28. The Bertz CT molecular complexity index is 509. The first-order valence-electron chi connectivity index (χ1n) is 8.97. The van der Waals surface area contributed by atoms with Crippen LogP contribution in [0, 0.1) is 5.92 Å². The van der Waals surface area contributed by atoms with Crippen molar-refractivity contribution in [3.8, 4) is 5.75 Å². The molecule has 0 aromatic heterocycles. The van der Waals surface area contributed by atoms with E-state index in [9.17, 15) is 4.79 Å². The van der Waals surface area contributed by atoms with E-state index in [1.807, 2.05) is 36.1 Å². The van der Waals surface area contributed by atoms with Gasteiger partial charge in [-0.15, -0.1) is 12.4 Å². The minimum absolute atomic E-state index is 0. The first-order valence-corrected chi connectivity index (χ1v) is 8.97. The molecule has 134 valence electrons. The number of hydrogen-bond acceptors (Lipinski definition) is 3. The average molecular weight is 353 g/mol. The van der Waals surface area contributed by atoms with E-state index in [1.165, 1.54) is 19.4 Å². The summed E-state index contributed by atoms with van der Waals surface area (Å²) >= 11 is 0. The third-order valence-corrected chi connectivity index (χ3v) is 4.83. The molecule has 1 aromatic carbocycles. The summed E-state index contributed by atoms with van der Waals surface area (Å²) in [7, 11) is 0. The van der Waals surface area contributed by atoms with Gasteiger partial charge in [0, 0.05) is 19.1 Å². The second-order valence-corrected chi connectivity index (χ2v) is 6.76. The van der Waals surface area contributed by atoms with Crippen LogP contribution in [0.1, 0.15) is 38.2 Å². The Morgan fingerprint density at radius 3 is 2.42 bits per heavy atom. The van der Waals surface area contributed by atoms with E-state index in [0.717, 1.165) is 43.2 Å². The lowest BCUT2D eigenvalue weighted by molar-refractivity contribution is -0.131. The number of ether oxygens (including phenoxy) is 1. The van der Waals surface area contributed by atoms with Gasteiger partial charge in [0.05, 0.1) is 13.0 Å². The van der Waals surface area contributed by atoms with Gasteiger partial charge in [-0.3, -0.25) is 4.79 Å². The summed E-state index contributed by atoms with van der Waals surface area (Å²) in [5, 5.41) is 3.66. The summed E-state index contributed by atoms with van der Waals surface area (Å²) < 4.78 is 5.44. The molecule has 0 unspecified atom stereocenters. The maximum absolute atomic E-state index is 12.4. The Morgan fingerprint density at radius 2 is 1.83 bits per heavy atom. The average Bonchev–Trinajstić information content (AvgIpc) is 3.40. The van der Waals surface area contributed by atoms with Crippen molar-refractivity contribution in [3.05, 3.63) is 29.8 Å². The highest BCUT2D eigenvalue weighted by molar-refractivity contribution is 5.85. The molecule has 0 atom stereocenters. The topological polar surface area (TPSA) is 41.6 Å². The molecule has 1 saturated carbocycles. The molecular formula is C19H29ClN2O2. The third kappa shape index (κ3) is 5.67. The van der Waals surface area contributed by atoms with Gasteiger partial charge in [0.2, 0.25) is 5.91 Å². The minimum atomic E-state index is 0. The van der Waals surface area contributed by atoms with Crippen LogP contribution in [0.3, 0.4) is 0 Å². The first kappa shape index (κ1) is 19.1. The summed E-state index contributed by atoms with van der Waals surface area (Å²) in [4.78, 5) is 14.5. The molecule has 24 heavy (non-hydrogen) atoms. The van der Waals surface area contributed by atoms with Gasteiger partial charge < -0.3 is 15.0 Å². The normalized spacial score (nSPS) is 18.1. The number of halogens is 1. The van der Waals surface area contributed by atoms with Gasteiger partial charge >= 0.3 is 0 Å². The number of nitrogens with one attached hydrogen (secondary N) is 1. The van der Waals surface area contributed by atoms with Crippen LogP contribution in [-0.4, -0.2) is 43.1 Å². The predicted molar refractivity (Wildman–Crippen MR) is 98.9 cm³/mol. The fourth-order valence-electron chi connectivity index (χ4n) is 3.14. The van der Waals surface area contributed by atoms with Crippen molar-refractivity contribution >= 4 is 18.3 Å². The van der Waals surface area contributed by atoms with Crippen LogP contribution in [0.4, 0.5) is 0 Å². The molecule has 2 fully saturated rings. The van der Waals surface area contributed by atoms with Crippen molar-refractivity contribution in [2.24, 2.45) is 5.92 Å². The molecule has 1 saturated heterocycles. The standard InChI is InChI=1S/C19H28N2O2.ClH/c1-2-23-18-7-5-15(6-8-18)13-19(22)21-11-9-17(10-12-21)20-14-16-3-4-16;/h5-8,16-17,20H,2-4,9-14H2,1H3;1H. The number of benzene rings is 1.